The van der Waals surface area contributed by atoms with Crippen LogP contribution in [0.3, 0.4) is 0 Å². The summed E-state index contributed by atoms with van der Waals surface area (Å²) in [5.41, 5.74) is 0.457. The Bertz CT molecular complexity index is 353. The highest BCUT2D eigenvalue weighted by Crippen LogP contribution is 1.99. The molecule has 1 aliphatic heterocycles. The summed E-state index contributed by atoms with van der Waals surface area (Å²) in [6.45, 7) is 1.52. The van der Waals surface area contributed by atoms with Gasteiger partial charge in [-0.1, -0.05) is 6.08 Å². The number of carbonyl (C=O) groups excluding carboxylic acids is 2. The minimum Gasteiger partial charge on any atom is -0.392 e. The summed E-state index contributed by atoms with van der Waals surface area (Å²) >= 11 is 0. The molecule has 0 unspecified atom stereocenters. The fourth-order valence-corrected chi connectivity index (χ4v) is 0.911. The van der Waals surface area contributed by atoms with Gasteiger partial charge in [-0.05, 0) is 13.0 Å². The van der Waals surface area contributed by atoms with Gasteiger partial charge in [0.2, 0.25) is 0 Å². The van der Waals surface area contributed by atoms with Crippen molar-refractivity contribution in [2.24, 2.45) is 0 Å². The van der Waals surface area contributed by atoms with Crippen LogP contribution in [0.15, 0.2) is 23.9 Å². The maximum atomic E-state index is 11.2. The summed E-state index contributed by atoms with van der Waals surface area (Å²) in [6.07, 6.45) is 5.90. The fourth-order valence-electron chi connectivity index (χ4n) is 0.911. The second kappa shape index (κ2) is 4.48. The maximum absolute atomic E-state index is 11.2. The van der Waals surface area contributed by atoms with E-state index in [0.717, 1.165) is 0 Å². The minimum atomic E-state index is -0.497. The van der Waals surface area contributed by atoms with Crippen molar-refractivity contribution in [2.45, 2.75) is 6.92 Å². The zero-order chi connectivity index (χ0) is 10.6. The first kappa shape index (κ1) is 10.3. The smallest absolute Gasteiger partial charge is 0.392 e. The van der Waals surface area contributed by atoms with E-state index < -0.39 is 6.03 Å². The van der Waals surface area contributed by atoms with Crippen molar-refractivity contribution in [1.29, 1.82) is 0 Å². The highest BCUT2D eigenvalue weighted by molar-refractivity contribution is 6.03. The van der Waals surface area contributed by atoms with Crippen LogP contribution in [0.25, 0.3) is 0 Å². The van der Waals surface area contributed by atoms with Crippen molar-refractivity contribution in [3.63, 3.8) is 0 Å². The third-order valence-corrected chi connectivity index (χ3v) is 1.63. The number of hydrogen-bond acceptors (Lipinski definition) is 3. The normalized spacial score (nSPS) is 20.1. The number of nitrogens with one attached hydrogen (secondary N) is 1. The van der Waals surface area contributed by atoms with Crippen LogP contribution in [0.1, 0.15) is 6.92 Å². The molecule has 0 saturated carbocycles. The van der Waals surface area contributed by atoms with Crippen molar-refractivity contribution >= 4 is 18.2 Å². The molecule has 3 amide bonds. The predicted molar refractivity (Wildman–Crippen MR) is 49.8 cm³/mol. The highest BCUT2D eigenvalue weighted by Gasteiger charge is 2.26. The van der Waals surface area contributed by atoms with Gasteiger partial charge in [0.25, 0.3) is 0 Å². The molecular formula is C9H11N2O3+. The molecule has 5 nitrogen and oxygen atoms in total. The fraction of sp³-hybridized carbons (Fsp3) is 0.222. The third kappa shape index (κ3) is 2.37. The zero-order valence-corrected chi connectivity index (χ0v) is 7.73. The topological polar surface area (TPSA) is 69.4 Å². The minimum absolute atomic E-state index is 0.0897. The van der Waals surface area contributed by atoms with E-state index in [9.17, 15) is 9.59 Å². The zero-order valence-electron chi connectivity index (χ0n) is 7.73. The number of nitrogens with zero attached hydrogens (tertiary/aromatic N) is 1. The maximum Gasteiger partial charge on any atom is 0.503 e. The molecule has 0 aliphatic carbocycles. The van der Waals surface area contributed by atoms with Gasteiger partial charge in [0.15, 0.2) is 0 Å². The van der Waals surface area contributed by atoms with Crippen molar-refractivity contribution in [1.82, 2.24) is 5.32 Å². The van der Waals surface area contributed by atoms with Gasteiger partial charge in [-0.25, -0.2) is 4.79 Å². The molecule has 1 rings (SSSR count). The predicted octanol–water partition coefficient (Wildman–Crippen LogP) is -0.228. The molecule has 1 aliphatic rings. The molecule has 14 heavy (non-hydrogen) atoms. The average Bonchev–Trinajstić information content (AvgIpc) is 2.14. The average molecular weight is 195 g/mol. The molecule has 0 aromatic heterocycles. The Kier molecular flexibility index (Phi) is 3.30. The molecule has 0 atom stereocenters. The van der Waals surface area contributed by atoms with Crippen molar-refractivity contribution < 1.29 is 19.3 Å². The van der Waals surface area contributed by atoms with Crippen molar-refractivity contribution in [2.75, 3.05) is 6.61 Å². The van der Waals surface area contributed by atoms with Gasteiger partial charge in [0.1, 0.15) is 6.20 Å². The number of carbonyl (C=O) groups is 2. The van der Waals surface area contributed by atoms with Crippen LogP contribution in [0, 0.1) is 0 Å². The third-order valence-electron chi connectivity index (χ3n) is 1.63. The standard InChI is InChI=1S/C9H10N2O3/c1-7-6-11(4-2-3-5-12)9(14)10-8(7)13/h2-4,6,12H,5H2,1H3/p+1. The summed E-state index contributed by atoms with van der Waals surface area (Å²) in [6, 6.07) is -0.497. The summed E-state index contributed by atoms with van der Waals surface area (Å²) in [4.78, 5) is 22.1. The Morgan fingerprint density at radius 1 is 1.57 bits per heavy atom. The van der Waals surface area contributed by atoms with Crippen LogP contribution in [-0.4, -0.2) is 34.4 Å². The Labute approximate surface area is 81.0 Å². The Morgan fingerprint density at radius 2 is 2.29 bits per heavy atom. The molecule has 0 radical (unpaired) electrons. The van der Waals surface area contributed by atoms with Gasteiger partial charge >= 0.3 is 11.9 Å². The highest BCUT2D eigenvalue weighted by atomic mass is 16.2. The first-order valence-corrected chi connectivity index (χ1v) is 4.08. The Balaban J connectivity index is 2.89. The largest absolute Gasteiger partial charge is 0.503 e. The summed E-state index contributed by atoms with van der Waals surface area (Å²) in [7, 11) is 0. The van der Waals surface area contributed by atoms with E-state index in [4.69, 9.17) is 5.11 Å². The number of aliphatic hydroxyl groups excluding tert-OH is 1. The first-order chi connectivity index (χ1) is 6.65. The lowest BCUT2D eigenvalue weighted by molar-refractivity contribution is -0.347. The molecule has 0 saturated heterocycles. The van der Waals surface area contributed by atoms with Crippen LogP contribution in [-0.2, 0) is 4.79 Å². The van der Waals surface area contributed by atoms with Gasteiger partial charge in [-0.3, -0.25) is 0 Å². The molecule has 2 N–H and O–H groups in total. The second-order valence-electron chi connectivity index (χ2n) is 2.74. The number of aliphatic hydroxyl groups is 1. The number of rotatable bonds is 2. The molecule has 0 spiro atoms. The number of amides is 3. The van der Waals surface area contributed by atoms with Gasteiger partial charge in [-0.2, -0.15) is 14.7 Å². The molecule has 0 aromatic rings. The summed E-state index contributed by atoms with van der Waals surface area (Å²) in [5.74, 6) is -0.384. The van der Waals surface area contributed by atoms with E-state index in [2.05, 4.69) is 5.32 Å². The van der Waals surface area contributed by atoms with Gasteiger partial charge in [0.05, 0.1) is 18.4 Å². The Morgan fingerprint density at radius 3 is 2.93 bits per heavy atom. The monoisotopic (exact) mass is 195 g/mol. The lowest BCUT2D eigenvalue weighted by Gasteiger charge is -2.04. The second-order valence-corrected chi connectivity index (χ2v) is 2.74. The van der Waals surface area contributed by atoms with Crippen LogP contribution >= 0.6 is 0 Å². The van der Waals surface area contributed by atoms with Crippen LogP contribution in [0.5, 0.6) is 0 Å². The molecule has 0 fully saturated rings. The molecule has 1 heterocycles. The molecular weight excluding hydrogens is 184 g/mol. The van der Waals surface area contributed by atoms with E-state index in [1.165, 1.54) is 29.1 Å². The number of urea groups is 1. The van der Waals surface area contributed by atoms with E-state index in [0.29, 0.717) is 5.57 Å². The number of imide groups is 1. The SMILES string of the molecule is CC1=C[N+](=CC=CCO)C(=O)NC1=O. The Hall–Kier alpha value is -1.75. The van der Waals surface area contributed by atoms with E-state index in [1.807, 2.05) is 0 Å². The van der Waals surface area contributed by atoms with E-state index in [1.54, 1.807) is 6.92 Å². The van der Waals surface area contributed by atoms with Crippen molar-refractivity contribution in [3.05, 3.63) is 23.9 Å². The summed E-state index contributed by atoms with van der Waals surface area (Å²) < 4.78 is 1.24. The van der Waals surface area contributed by atoms with E-state index >= 15 is 0 Å². The van der Waals surface area contributed by atoms with Gasteiger partial charge in [0, 0.05) is 0 Å². The van der Waals surface area contributed by atoms with Crippen molar-refractivity contribution in [3.8, 4) is 0 Å². The molecule has 0 aromatic carbocycles. The van der Waals surface area contributed by atoms with Crippen LogP contribution < -0.4 is 5.32 Å². The molecule has 5 heteroatoms. The van der Waals surface area contributed by atoms with Crippen LogP contribution in [0.2, 0.25) is 0 Å². The number of allylic oxidation sites excluding steroid dienone is 1. The lowest BCUT2D eigenvalue weighted by Crippen LogP contribution is -2.40. The number of hydrogen-bond donors (Lipinski definition) is 2. The first-order valence-electron chi connectivity index (χ1n) is 4.08. The molecule has 74 valence electrons. The molecule has 0 bridgehead atoms. The lowest BCUT2D eigenvalue weighted by atomic mass is 10.3. The van der Waals surface area contributed by atoms with Crippen LogP contribution in [0.4, 0.5) is 4.79 Å². The van der Waals surface area contributed by atoms with Gasteiger partial charge in [-0.15, -0.1) is 0 Å². The van der Waals surface area contributed by atoms with E-state index in [-0.39, 0.29) is 12.5 Å². The van der Waals surface area contributed by atoms with Gasteiger partial charge < -0.3 is 5.11 Å². The quantitative estimate of drug-likeness (QED) is 0.598. The summed E-state index contributed by atoms with van der Waals surface area (Å²) in [5, 5.41) is 10.6.